The molecule has 0 bridgehead atoms. The second-order valence-corrected chi connectivity index (χ2v) is 4.62. The number of nitrogens with zero attached hydrogens (tertiary/aromatic N) is 2. The van der Waals surface area contributed by atoms with Crippen molar-refractivity contribution < 1.29 is 19.0 Å². The van der Waals surface area contributed by atoms with Crippen molar-refractivity contribution in [3.63, 3.8) is 0 Å². The number of halogens is 1. The van der Waals surface area contributed by atoms with Crippen molar-refractivity contribution in [1.82, 2.24) is 9.97 Å². The summed E-state index contributed by atoms with van der Waals surface area (Å²) >= 11 is 0. The molecule has 2 aromatic rings. The normalized spacial score (nSPS) is 12.0. The number of aliphatic carboxylic acids is 1. The van der Waals surface area contributed by atoms with E-state index in [0.29, 0.717) is 22.7 Å². The summed E-state index contributed by atoms with van der Waals surface area (Å²) in [5, 5.41) is 9.45. The molecule has 1 aromatic carbocycles. The van der Waals surface area contributed by atoms with Crippen LogP contribution in [0.3, 0.4) is 0 Å². The number of rotatable bonds is 5. The van der Waals surface area contributed by atoms with Crippen LogP contribution in [0.5, 0.6) is 5.88 Å². The van der Waals surface area contributed by atoms with E-state index in [2.05, 4.69) is 9.97 Å². The number of hydrogen-bond acceptors (Lipinski definition) is 4. The highest BCUT2D eigenvalue weighted by atomic mass is 19.1. The van der Waals surface area contributed by atoms with Crippen molar-refractivity contribution in [3.8, 4) is 5.88 Å². The second-order valence-electron chi connectivity index (χ2n) is 4.62. The quantitative estimate of drug-likeness (QED) is 0.915. The largest absolute Gasteiger partial charge is 0.481 e. The molecule has 0 aliphatic rings. The van der Waals surface area contributed by atoms with Gasteiger partial charge < -0.3 is 9.84 Å². The van der Waals surface area contributed by atoms with Crippen LogP contribution in [0.25, 0.3) is 0 Å². The summed E-state index contributed by atoms with van der Waals surface area (Å²) in [6, 6.07) is 5.88. The zero-order valence-corrected chi connectivity index (χ0v) is 11.7. The number of carboxylic acid groups (broad SMARTS) is 1. The van der Waals surface area contributed by atoms with Gasteiger partial charge in [-0.1, -0.05) is 12.1 Å². The van der Waals surface area contributed by atoms with Gasteiger partial charge in [0.05, 0.1) is 12.8 Å². The first-order valence-electron chi connectivity index (χ1n) is 6.35. The Bertz CT molecular complexity index is 661. The summed E-state index contributed by atoms with van der Waals surface area (Å²) in [6.45, 7) is 1.70. The monoisotopic (exact) mass is 290 g/mol. The van der Waals surface area contributed by atoms with E-state index in [-0.39, 0.29) is 6.42 Å². The predicted octanol–water partition coefficient (Wildman–Crippen LogP) is 2.34. The van der Waals surface area contributed by atoms with E-state index in [1.54, 1.807) is 19.1 Å². The Morgan fingerprint density at radius 2 is 2.19 bits per heavy atom. The first-order valence-corrected chi connectivity index (χ1v) is 6.35. The maximum Gasteiger partial charge on any atom is 0.312 e. The first kappa shape index (κ1) is 14.9. The van der Waals surface area contributed by atoms with Gasteiger partial charge in [-0.25, -0.2) is 14.4 Å². The third-order valence-electron chi connectivity index (χ3n) is 3.23. The highest BCUT2D eigenvalue weighted by molar-refractivity contribution is 5.76. The summed E-state index contributed by atoms with van der Waals surface area (Å²) < 4.78 is 18.3. The van der Waals surface area contributed by atoms with Crippen LogP contribution in [0.2, 0.25) is 0 Å². The van der Waals surface area contributed by atoms with E-state index in [4.69, 9.17) is 4.74 Å². The van der Waals surface area contributed by atoms with E-state index in [1.165, 1.54) is 25.6 Å². The third-order valence-corrected chi connectivity index (χ3v) is 3.23. The molecule has 1 atom stereocenters. The number of ether oxygens (including phenoxy) is 1. The minimum absolute atomic E-state index is 0.147. The molecule has 6 heteroatoms. The molecule has 5 nitrogen and oxygen atoms in total. The molecular weight excluding hydrogens is 275 g/mol. The van der Waals surface area contributed by atoms with Crippen molar-refractivity contribution in [3.05, 3.63) is 53.2 Å². The summed E-state index contributed by atoms with van der Waals surface area (Å²) in [5.41, 5.74) is 1.54. The van der Waals surface area contributed by atoms with Gasteiger partial charge >= 0.3 is 5.97 Å². The first-order chi connectivity index (χ1) is 10.0. The predicted molar refractivity (Wildman–Crippen MR) is 73.8 cm³/mol. The molecule has 0 amide bonds. The van der Waals surface area contributed by atoms with Crippen LogP contribution in [0.4, 0.5) is 4.39 Å². The summed E-state index contributed by atoms with van der Waals surface area (Å²) in [7, 11) is 1.46. The molecule has 0 fully saturated rings. The summed E-state index contributed by atoms with van der Waals surface area (Å²) in [4.78, 5) is 19.5. The maximum absolute atomic E-state index is 13.2. The van der Waals surface area contributed by atoms with E-state index in [0.717, 1.165) is 0 Å². The highest BCUT2D eigenvalue weighted by Crippen LogP contribution is 2.26. The van der Waals surface area contributed by atoms with E-state index < -0.39 is 17.7 Å². The second kappa shape index (κ2) is 6.30. The molecule has 0 aliphatic carbocycles. The Kier molecular flexibility index (Phi) is 4.47. The molecule has 0 spiro atoms. The number of methoxy groups -OCH3 is 1. The SMILES string of the molecule is COc1ncnc(C(Cc2cccc(F)c2)C(=O)O)c1C. The smallest absolute Gasteiger partial charge is 0.312 e. The van der Waals surface area contributed by atoms with E-state index in [1.807, 2.05) is 0 Å². The number of hydrogen-bond donors (Lipinski definition) is 1. The van der Waals surface area contributed by atoms with Crippen LogP contribution >= 0.6 is 0 Å². The molecule has 1 N–H and O–H groups in total. The van der Waals surface area contributed by atoms with E-state index >= 15 is 0 Å². The van der Waals surface area contributed by atoms with Gasteiger partial charge in [0.25, 0.3) is 0 Å². The zero-order valence-electron chi connectivity index (χ0n) is 11.7. The molecule has 110 valence electrons. The fourth-order valence-corrected chi connectivity index (χ4v) is 2.20. The lowest BCUT2D eigenvalue weighted by atomic mass is 9.93. The van der Waals surface area contributed by atoms with Crippen LogP contribution in [0.15, 0.2) is 30.6 Å². The van der Waals surface area contributed by atoms with Crippen LogP contribution in [0.1, 0.15) is 22.7 Å². The number of benzene rings is 1. The Hall–Kier alpha value is -2.50. The van der Waals surface area contributed by atoms with Gasteiger partial charge in [0.1, 0.15) is 18.1 Å². The minimum Gasteiger partial charge on any atom is -0.481 e. The Labute approximate surface area is 121 Å². The van der Waals surface area contributed by atoms with E-state index in [9.17, 15) is 14.3 Å². The summed E-state index contributed by atoms with van der Waals surface area (Å²) in [6.07, 6.45) is 1.41. The Balaban J connectivity index is 2.38. The lowest BCUT2D eigenvalue weighted by Gasteiger charge is -2.15. The average molecular weight is 290 g/mol. The topological polar surface area (TPSA) is 72.3 Å². The molecule has 21 heavy (non-hydrogen) atoms. The van der Waals surface area contributed by atoms with Gasteiger partial charge in [0.2, 0.25) is 5.88 Å². The van der Waals surface area contributed by atoms with Crippen molar-refractivity contribution in [2.45, 2.75) is 19.3 Å². The molecule has 1 aromatic heterocycles. The average Bonchev–Trinajstić information content (AvgIpc) is 2.45. The van der Waals surface area contributed by atoms with Gasteiger partial charge in [0, 0.05) is 5.56 Å². The van der Waals surface area contributed by atoms with Gasteiger partial charge in [-0.15, -0.1) is 0 Å². The van der Waals surface area contributed by atoms with Gasteiger partial charge in [-0.3, -0.25) is 4.79 Å². The lowest BCUT2D eigenvalue weighted by Crippen LogP contribution is -2.18. The summed E-state index contributed by atoms with van der Waals surface area (Å²) in [5.74, 6) is -1.97. The van der Waals surface area contributed by atoms with Crippen LogP contribution < -0.4 is 4.74 Å². The molecule has 2 rings (SSSR count). The van der Waals surface area contributed by atoms with Crippen LogP contribution in [-0.2, 0) is 11.2 Å². The number of carboxylic acids is 1. The lowest BCUT2D eigenvalue weighted by molar-refractivity contribution is -0.138. The third kappa shape index (κ3) is 3.34. The van der Waals surface area contributed by atoms with Crippen LogP contribution in [-0.4, -0.2) is 28.2 Å². The molecule has 0 aliphatic heterocycles. The van der Waals surface area contributed by atoms with Crippen LogP contribution in [0, 0.1) is 12.7 Å². The highest BCUT2D eigenvalue weighted by Gasteiger charge is 2.25. The molecule has 1 unspecified atom stereocenters. The Morgan fingerprint density at radius 3 is 2.81 bits per heavy atom. The van der Waals surface area contributed by atoms with Crippen molar-refractivity contribution in [2.24, 2.45) is 0 Å². The zero-order chi connectivity index (χ0) is 15.4. The Morgan fingerprint density at radius 1 is 1.43 bits per heavy atom. The molecule has 1 heterocycles. The van der Waals surface area contributed by atoms with Crippen molar-refractivity contribution in [2.75, 3.05) is 7.11 Å². The number of aromatic nitrogens is 2. The van der Waals surface area contributed by atoms with Gasteiger partial charge in [-0.05, 0) is 31.0 Å². The van der Waals surface area contributed by atoms with Crippen molar-refractivity contribution >= 4 is 5.97 Å². The van der Waals surface area contributed by atoms with Gasteiger partial charge in [0.15, 0.2) is 0 Å². The molecule has 0 radical (unpaired) electrons. The standard InChI is InChI=1S/C15H15FN2O3/c1-9-13(17-8-18-14(9)21-2)12(15(19)20)7-10-4-3-5-11(16)6-10/h3-6,8,12H,7H2,1-2H3,(H,19,20). The molecule has 0 saturated carbocycles. The minimum atomic E-state index is -1.02. The molecular formula is C15H15FN2O3. The van der Waals surface area contributed by atoms with Gasteiger partial charge in [-0.2, -0.15) is 0 Å². The fraction of sp³-hybridized carbons (Fsp3) is 0.267. The fourth-order valence-electron chi connectivity index (χ4n) is 2.20. The molecule has 0 saturated heterocycles. The maximum atomic E-state index is 13.2. The number of carbonyl (C=O) groups is 1. The van der Waals surface area contributed by atoms with Crippen molar-refractivity contribution in [1.29, 1.82) is 0 Å².